The van der Waals surface area contributed by atoms with Crippen molar-refractivity contribution in [1.29, 1.82) is 0 Å². The van der Waals surface area contributed by atoms with Crippen LogP contribution in [0.15, 0.2) is 36.4 Å². The summed E-state index contributed by atoms with van der Waals surface area (Å²) in [6.45, 7) is 3.83. The summed E-state index contributed by atoms with van der Waals surface area (Å²) in [6.07, 6.45) is 0. The van der Waals surface area contributed by atoms with Crippen molar-refractivity contribution in [3.8, 4) is 5.75 Å². The SMILES string of the molecule is COc1ccc(C)cc1C(=O)Nc1c(C)cccc1N. The quantitative estimate of drug-likeness (QED) is 0.842. The fourth-order valence-electron chi connectivity index (χ4n) is 2.04. The maximum Gasteiger partial charge on any atom is 0.259 e. The highest BCUT2D eigenvalue weighted by Crippen LogP contribution is 2.25. The summed E-state index contributed by atoms with van der Waals surface area (Å²) in [5, 5.41) is 2.85. The molecule has 104 valence electrons. The number of carbonyl (C=O) groups is 1. The summed E-state index contributed by atoms with van der Waals surface area (Å²) in [5.41, 5.74) is 9.50. The summed E-state index contributed by atoms with van der Waals surface area (Å²) < 4.78 is 5.23. The van der Waals surface area contributed by atoms with Crippen molar-refractivity contribution in [2.75, 3.05) is 18.2 Å². The number of hydrogen-bond donors (Lipinski definition) is 2. The van der Waals surface area contributed by atoms with Crippen molar-refractivity contribution in [2.45, 2.75) is 13.8 Å². The lowest BCUT2D eigenvalue weighted by Crippen LogP contribution is -2.15. The molecule has 0 fully saturated rings. The molecule has 0 spiro atoms. The molecule has 1 amide bonds. The van der Waals surface area contributed by atoms with E-state index in [1.165, 1.54) is 0 Å². The van der Waals surface area contributed by atoms with Crippen molar-refractivity contribution in [2.24, 2.45) is 0 Å². The maximum absolute atomic E-state index is 12.4. The highest BCUT2D eigenvalue weighted by molar-refractivity contribution is 6.08. The molecule has 0 saturated carbocycles. The third-order valence-corrected chi connectivity index (χ3v) is 3.14. The number of nitrogen functional groups attached to an aromatic ring is 1. The number of methoxy groups -OCH3 is 1. The number of benzene rings is 2. The Hall–Kier alpha value is -2.49. The van der Waals surface area contributed by atoms with Gasteiger partial charge >= 0.3 is 0 Å². The lowest BCUT2D eigenvalue weighted by Gasteiger charge is -2.13. The van der Waals surface area contributed by atoms with Gasteiger partial charge in [-0.2, -0.15) is 0 Å². The molecule has 0 unspecified atom stereocenters. The summed E-state index contributed by atoms with van der Waals surface area (Å²) in [5.74, 6) is 0.312. The minimum atomic E-state index is -0.230. The molecule has 0 aliphatic carbocycles. The second kappa shape index (κ2) is 5.65. The molecule has 0 aliphatic heterocycles. The largest absolute Gasteiger partial charge is 0.496 e. The number of para-hydroxylation sites is 1. The number of amides is 1. The van der Waals surface area contributed by atoms with Gasteiger partial charge in [0.2, 0.25) is 0 Å². The lowest BCUT2D eigenvalue weighted by atomic mass is 10.1. The van der Waals surface area contributed by atoms with Crippen LogP contribution in [0, 0.1) is 13.8 Å². The molecule has 4 heteroatoms. The fraction of sp³-hybridized carbons (Fsp3) is 0.188. The molecule has 2 aromatic carbocycles. The van der Waals surface area contributed by atoms with E-state index in [9.17, 15) is 4.79 Å². The van der Waals surface area contributed by atoms with Crippen molar-refractivity contribution in [1.82, 2.24) is 0 Å². The molecule has 2 aromatic rings. The van der Waals surface area contributed by atoms with Gasteiger partial charge in [-0.25, -0.2) is 0 Å². The third kappa shape index (κ3) is 2.74. The van der Waals surface area contributed by atoms with Crippen LogP contribution in [0.4, 0.5) is 11.4 Å². The van der Waals surface area contributed by atoms with Crippen LogP contribution in [0.2, 0.25) is 0 Å². The summed E-state index contributed by atoms with van der Waals surface area (Å²) in [6, 6.07) is 11.0. The smallest absolute Gasteiger partial charge is 0.259 e. The van der Waals surface area contributed by atoms with Crippen LogP contribution in [0.1, 0.15) is 21.5 Å². The Kier molecular flexibility index (Phi) is 3.94. The standard InChI is InChI=1S/C16H18N2O2/c1-10-7-8-14(20-3)12(9-10)16(19)18-15-11(2)5-4-6-13(15)17/h4-9H,17H2,1-3H3,(H,18,19). The zero-order valence-electron chi connectivity index (χ0n) is 11.9. The van der Waals surface area contributed by atoms with Crippen molar-refractivity contribution in [3.63, 3.8) is 0 Å². The van der Waals surface area contributed by atoms with Crippen molar-refractivity contribution >= 4 is 17.3 Å². The Balaban J connectivity index is 2.35. The number of ether oxygens (including phenoxy) is 1. The normalized spacial score (nSPS) is 10.2. The predicted octanol–water partition coefficient (Wildman–Crippen LogP) is 3.15. The number of carbonyl (C=O) groups excluding carboxylic acids is 1. The van der Waals surface area contributed by atoms with E-state index in [4.69, 9.17) is 10.5 Å². The Morgan fingerprint density at radius 3 is 2.60 bits per heavy atom. The van der Waals surface area contributed by atoms with Gasteiger partial charge in [-0.15, -0.1) is 0 Å². The van der Waals surface area contributed by atoms with Crippen LogP contribution in [-0.4, -0.2) is 13.0 Å². The molecule has 20 heavy (non-hydrogen) atoms. The molecular formula is C16H18N2O2. The zero-order valence-corrected chi connectivity index (χ0v) is 11.9. The Morgan fingerprint density at radius 1 is 1.20 bits per heavy atom. The maximum atomic E-state index is 12.4. The molecule has 0 heterocycles. The van der Waals surface area contributed by atoms with E-state index in [1.54, 1.807) is 25.3 Å². The van der Waals surface area contributed by atoms with Gasteiger partial charge < -0.3 is 15.8 Å². The fourth-order valence-corrected chi connectivity index (χ4v) is 2.04. The second-order valence-electron chi connectivity index (χ2n) is 4.70. The van der Waals surface area contributed by atoms with Gasteiger partial charge in [0.05, 0.1) is 24.0 Å². The number of rotatable bonds is 3. The summed E-state index contributed by atoms with van der Waals surface area (Å²) >= 11 is 0. The Labute approximate surface area is 118 Å². The number of nitrogens with two attached hydrogens (primary N) is 1. The van der Waals surface area contributed by atoms with E-state index in [0.29, 0.717) is 22.7 Å². The van der Waals surface area contributed by atoms with Crippen molar-refractivity contribution in [3.05, 3.63) is 53.1 Å². The van der Waals surface area contributed by atoms with Crippen molar-refractivity contribution < 1.29 is 9.53 Å². The van der Waals surface area contributed by atoms with E-state index >= 15 is 0 Å². The number of hydrogen-bond acceptors (Lipinski definition) is 3. The van der Waals surface area contributed by atoms with E-state index < -0.39 is 0 Å². The first-order valence-electron chi connectivity index (χ1n) is 6.34. The van der Waals surface area contributed by atoms with Gasteiger partial charge in [0.1, 0.15) is 5.75 Å². The minimum absolute atomic E-state index is 0.230. The second-order valence-corrected chi connectivity index (χ2v) is 4.70. The van der Waals surface area contributed by atoms with E-state index in [0.717, 1.165) is 11.1 Å². The number of anilines is 2. The first kappa shape index (κ1) is 13.9. The van der Waals surface area contributed by atoms with E-state index in [-0.39, 0.29) is 5.91 Å². The number of aryl methyl sites for hydroxylation is 2. The molecule has 2 rings (SSSR count). The molecule has 0 atom stereocenters. The third-order valence-electron chi connectivity index (χ3n) is 3.14. The Morgan fingerprint density at radius 2 is 1.95 bits per heavy atom. The molecule has 3 N–H and O–H groups in total. The van der Waals surface area contributed by atoms with Crippen LogP contribution in [-0.2, 0) is 0 Å². The summed E-state index contributed by atoms with van der Waals surface area (Å²) in [4.78, 5) is 12.4. The van der Waals surface area contributed by atoms with E-state index in [2.05, 4.69) is 5.32 Å². The minimum Gasteiger partial charge on any atom is -0.496 e. The van der Waals surface area contributed by atoms with Gasteiger partial charge in [0, 0.05) is 0 Å². The molecule has 4 nitrogen and oxygen atoms in total. The highest BCUT2D eigenvalue weighted by Gasteiger charge is 2.14. The first-order valence-corrected chi connectivity index (χ1v) is 6.34. The van der Waals surface area contributed by atoms with Gasteiger partial charge in [-0.3, -0.25) is 4.79 Å². The predicted molar refractivity (Wildman–Crippen MR) is 81.3 cm³/mol. The van der Waals surface area contributed by atoms with Crippen LogP contribution >= 0.6 is 0 Å². The first-order chi connectivity index (χ1) is 9.52. The van der Waals surface area contributed by atoms with E-state index in [1.807, 2.05) is 32.0 Å². The summed E-state index contributed by atoms with van der Waals surface area (Å²) in [7, 11) is 1.55. The van der Waals surface area contributed by atoms with Gasteiger partial charge in [0.15, 0.2) is 0 Å². The van der Waals surface area contributed by atoms with Crippen LogP contribution in [0.5, 0.6) is 5.75 Å². The number of nitrogens with one attached hydrogen (secondary N) is 1. The average Bonchev–Trinajstić information content (AvgIpc) is 2.43. The van der Waals surface area contributed by atoms with Crippen LogP contribution in [0.25, 0.3) is 0 Å². The lowest BCUT2D eigenvalue weighted by molar-refractivity contribution is 0.102. The molecular weight excluding hydrogens is 252 g/mol. The molecule has 0 bridgehead atoms. The molecule has 0 radical (unpaired) electrons. The van der Waals surface area contributed by atoms with Gasteiger partial charge in [0.25, 0.3) is 5.91 Å². The molecule has 0 aliphatic rings. The average molecular weight is 270 g/mol. The highest BCUT2D eigenvalue weighted by atomic mass is 16.5. The van der Waals surface area contributed by atoms with Gasteiger partial charge in [-0.05, 0) is 37.6 Å². The molecule has 0 saturated heterocycles. The zero-order chi connectivity index (χ0) is 14.7. The molecule has 0 aromatic heterocycles. The monoisotopic (exact) mass is 270 g/mol. The Bertz CT molecular complexity index is 631. The van der Waals surface area contributed by atoms with Crippen LogP contribution in [0.3, 0.4) is 0 Å². The topological polar surface area (TPSA) is 64.3 Å². The van der Waals surface area contributed by atoms with Crippen LogP contribution < -0.4 is 15.8 Å². The van der Waals surface area contributed by atoms with Gasteiger partial charge in [-0.1, -0.05) is 23.8 Å².